The van der Waals surface area contributed by atoms with Crippen molar-refractivity contribution in [3.8, 4) is 0 Å². The average Bonchev–Trinajstić information content (AvgIpc) is 2.92. The maximum absolute atomic E-state index is 5.63. The summed E-state index contributed by atoms with van der Waals surface area (Å²) in [7, 11) is 0. The molecule has 2 unspecified atom stereocenters. The Morgan fingerprint density at radius 1 is 1.33 bits per heavy atom. The van der Waals surface area contributed by atoms with E-state index in [9.17, 15) is 0 Å². The zero-order valence-corrected chi connectivity index (χ0v) is 10.0. The predicted octanol–water partition coefficient (Wildman–Crippen LogP) is 2.72. The van der Waals surface area contributed by atoms with Crippen molar-refractivity contribution in [2.45, 2.75) is 64.0 Å². The van der Waals surface area contributed by atoms with Gasteiger partial charge in [0.15, 0.2) is 0 Å². The van der Waals surface area contributed by atoms with Crippen LogP contribution in [-0.4, -0.2) is 25.3 Å². The van der Waals surface area contributed by atoms with Crippen LogP contribution in [0.5, 0.6) is 0 Å². The molecule has 1 aliphatic carbocycles. The summed E-state index contributed by atoms with van der Waals surface area (Å²) in [5.41, 5.74) is 0. The van der Waals surface area contributed by atoms with Crippen molar-refractivity contribution in [2.75, 3.05) is 13.2 Å². The van der Waals surface area contributed by atoms with Gasteiger partial charge in [0, 0.05) is 12.6 Å². The summed E-state index contributed by atoms with van der Waals surface area (Å²) in [6, 6.07) is 0.866. The Bertz CT molecular complexity index is 173. The summed E-state index contributed by atoms with van der Waals surface area (Å²) in [5.74, 6) is 0.840. The fourth-order valence-corrected chi connectivity index (χ4v) is 2.32. The molecule has 2 aliphatic rings. The lowest BCUT2D eigenvalue weighted by molar-refractivity contribution is 0.101. The topological polar surface area (TPSA) is 21.3 Å². The first-order valence-corrected chi connectivity index (χ1v) is 6.69. The molecule has 1 saturated carbocycles. The lowest BCUT2D eigenvalue weighted by Crippen LogP contribution is -2.23. The first-order chi connectivity index (χ1) is 7.34. The van der Waals surface area contributed by atoms with E-state index in [0.29, 0.717) is 6.10 Å². The van der Waals surface area contributed by atoms with Crippen LogP contribution in [0.2, 0.25) is 0 Å². The van der Waals surface area contributed by atoms with Gasteiger partial charge in [-0.1, -0.05) is 13.3 Å². The minimum absolute atomic E-state index is 0.591. The summed E-state index contributed by atoms with van der Waals surface area (Å²) >= 11 is 0. The molecule has 0 aromatic carbocycles. The Kier molecular flexibility index (Phi) is 4.45. The molecule has 2 heteroatoms. The van der Waals surface area contributed by atoms with E-state index in [1.165, 1.54) is 51.5 Å². The van der Waals surface area contributed by atoms with Gasteiger partial charge < -0.3 is 10.1 Å². The van der Waals surface area contributed by atoms with Crippen molar-refractivity contribution < 1.29 is 4.74 Å². The van der Waals surface area contributed by atoms with Crippen LogP contribution in [0.1, 0.15) is 51.9 Å². The van der Waals surface area contributed by atoms with Gasteiger partial charge in [-0.3, -0.25) is 0 Å². The lowest BCUT2D eigenvalue weighted by atomic mass is 10.0. The van der Waals surface area contributed by atoms with E-state index in [0.717, 1.165) is 18.6 Å². The highest BCUT2D eigenvalue weighted by Gasteiger charge is 2.21. The van der Waals surface area contributed by atoms with Crippen LogP contribution in [-0.2, 0) is 4.74 Å². The first-order valence-electron chi connectivity index (χ1n) is 6.69. The van der Waals surface area contributed by atoms with Crippen LogP contribution in [0.15, 0.2) is 0 Å². The Morgan fingerprint density at radius 2 is 2.20 bits per heavy atom. The zero-order chi connectivity index (χ0) is 10.5. The number of hydrogen-bond donors (Lipinski definition) is 1. The molecule has 1 heterocycles. The zero-order valence-electron chi connectivity index (χ0n) is 10.0. The van der Waals surface area contributed by atoms with Crippen molar-refractivity contribution in [3.63, 3.8) is 0 Å². The second-order valence-corrected chi connectivity index (χ2v) is 5.35. The predicted molar refractivity (Wildman–Crippen MR) is 63.0 cm³/mol. The standard InChI is InChI=1S/C13H25NO/c1-11(10-14-12-7-8-12)4-2-5-13-6-3-9-15-13/h11-14H,2-10H2,1H3. The Labute approximate surface area is 93.8 Å². The molecule has 0 aromatic rings. The molecule has 1 saturated heterocycles. The van der Waals surface area contributed by atoms with Crippen LogP contribution in [0.25, 0.3) is 0 Å². The Balaban J connectivity index is 1.44. The monoisotopic (exact) mass is 211 g/mol. The quantitative estimate of drug-likeness (QED) is 0.699. The molecule has 0 aromatic heterocycles. The fraction of sp³-hybridized carbons (Fsp3) is 1.00. The smallest absolute Gasteiger partial charge is 0.0576 e. The fourth-order valence-electron chi connectivity index (χ4n) is 2.32. The SMILES string of the molecule is CC(CCCC1CCCO1)CNC1CC1. The molecule has 0 spiro atoms. The molecule has 2 atom stereocenters. The molecule has 15 heavy (non-hydrogen) atoms. The molecule has 0 bridgehead atoms. The van der Waals surface area contributed by atoms with Crippen LogP contribution in [0.3, 0.4) is 0 Å². The molecule has 1 aliphatic heterocycles. The first kappa shape index (κ1) is 11.4. The van der Waals surface area contributed by atoms with E-state index < -0.39 is 0 Å². The van der Waals surface area contributed by atoms with Crippen LogP contribution in [0.4, 0.5) is 0 Å². The minimum atomic E-state index is 0.591. The Hall–Kier alpha value is -0.0800. The second-order valence-electron chi connectivity index (χ2n) is 5.35. The third-order valence-corrected chi connectivity index (χ3v) is 3.58. The second kappa shape index (κ2) is 5.86. The summed E-state index contributed by atoms with van der Waals surface area (Å²) in [6.07, 6.45) is 9.98. The van der Waals surface area contributed by atoms with E-state index in [1.807, 2.05) is 0 Å². The third-order valence-electron chi connectivity index (χ3n) is 3.58. The number of nitrogens with one attached hydrogen (secondary N) is 1. The molecule has 2 fully saturated rings. The van der Waals surface area contributed by atoms with E-state index >= 15 is 0 Å². The molecule has 2 nitrogen and oxygen atoms in total. The maximum atomic E-state index is 5.63. The Morgan fingerprint density at radius 3 is 2.87 bits per heavy atom. The average molecular weight is 211 g/mol. The van der Waals surface area contributed by atoms with Gasteiger partial charge in [-0.05, 0) is 51.0 Å². The van der Waals surface area contributed by atoms with Gasteiger partial charge in [0.2, 0.25) is 0 Å². The molecule has 0 radical (unpaired) electrons. The van der Waals surface area contributed by atoms with E-state index in [4.69, 9.17) is 4.74 Å². The van der Waals surface area contributed by atoms with Gasteiger partial charge in [-0.15, -0.1) is 0 Å². The number of rotatable bonds is 7. The van der Waals surface area contributed by atoms with Gasteiger partial charge in [-0.25, -0.2) is 0 Å². The largest absolute Gasteiger partial charge is 0.378 e. The normalized spacial score (nSPS) is 28.2. The van der Waals surface area contributed by atoms with Gasteiger partial charge in [0.1, 0.15) is 0 Å². The maximum Gasteiger partial charge on any atom is 0.0576 e. The molecular weight excluding hydrogens is 186 g/mol. The van der Waals surface area contributed by atoms with E-state index in [2.05, 4.69) is 12.2 Å². The van der Waals surface area contributed by atoms with Crippen LogP contribution >= 0.6 is 0 Å². The van der Waals surface area contributed by atoms with Crippen molar-refractivity contribution in [1.82, 2.24) is 5.32 Å². The van der Waals surface area contributed by atoms with E-state index in [1.54, 1.807) is 0 Å². The highest BCUT2D eigenvalue weighted by atomic mass is 16.5. The lowest BCUT2D eigenvalue weighted by Gasteiger charge is -2.14. The molecule has 1 N–H and O–H groups in total. The van der Waals surface area contributed by atoms with Crippen molar-refractivity contribution in [3.05, 3.63) is 0 Å². The molecule has 0 amide bonds. The third kappa shape index (κ3) is 4.52. The van der Waals surface area contributed by atoms with Gasteiger partial charge >= 0.3 is 0 Å². The summed E-state index contributed by atoms with van der Waals surface area (Å²) in [5, 5.41) is 3.60. The van der Waals surface area contributed by atoms with Gasteiger partial charge in [0.05, 0.1) is 6.10 Å². The summed E-state index contributed by atoms with van der Waals surface area (Å²) < 4.78 is 5.63. The highest BCUT2D eigenvalue weighted by Crippen LogP contribution is 2.21. The highest BCUT2D eigenvalue weighted by molar-refractivity contribution is 4.81. The van der Waals surface area contributed by atoms with Gasteiger partial charge in [-0.2, -0.15) is 0 Å². The summed E-state index contributed by atoms with van der Waals surface area (Å²) in [4.78, 5) is 0. The van der Waals surface area contributed by atoms with Crippen molar-refractivity contribution >= 4 is 0 Å². The number of ether oxygens (including phenoxy) is 1. The van der Waals surface area contributed by atoms with Crippen molar-refractivity contribution in [1.29, 1.82) is 0 Å². The molecular formula is C13H25NO. The van der Waals surface area contributed by atoms with Gasteiger partial charge in [0.25, 0.3) is 0 Å². The van der Waals surface area contributed by atoms with E-state index in [-0.39, 0.29) is 0 Å². The summed E-state index contributed by atoms with van der Waals surface area (Å²) in [6.45, 7) is 4.59. The number of hydrogen-bond acceptors (Lipinski definition) is 2. The minimum Gasteiger partial charge on any atom is -0.378 e. The van der Waals surface area contributed by atoms with Crippen molar-refractivity contribution in [2.24, 2.45) is 5.92 Å². The van der Waals surface area contributed by atoms with Crippen LogP contribution < -0.4 is 5.32 Å². The van der Waals surface area contributed by atoms with Crippen LogP contribution in [0, 0.1) is 5.92 Å². The molecule has 88 valence electrons. The molecule has 2 rings (SSSR count).